The van der Waals surface area contributed by atoms with Gasteiger partial charge in [0.05, 0.1) is 23.3 Å². The fourth-order valence-electron chi connectivity index (χ4n) is 4.03. The van der Waals surface area contributed by atoms with Crippen LogP contribution in [0.2, 0.25) is 0 Å². The van der Waals surface area contributed by atoms with Crippen molar-refractivity contribution in [2.75, 3.05) is 15.8 Å². The second kappa shape index (κ2) is 8.81. The summed E-state index contributed by atoms with van der Waals surface area (Å²) in [6.07, 6.45) is 5.99. The van der Waals surface area contributed by atoms with Crippen molar-refractivity contribution in [3.8, 4) is 0 Å². The van der Waals surface area contributed by atoms with Gasteiger partial charge in [0.2, 0.25) is 10.0 Å². The maximum atomic E-state index is 14.9. The van der Waals surface area contributed by atoms with E-state index in [0.717, 1.165) is 48.9 Å². The molecule has 0 saturated heterocycles. The van der Waals surface area contributed by atoms with Gasteiger partial charge in [0.1, 0.15) is 11.4 Å². The van der Waals surface area contributed by atoms with E-state index in [1.807, 2.05) is 0 Å². The maximum absolute atomic E-state index is 14.9. The average molecular weight is 464 g/mol. The fourth-order valence-corrected chi connectivity index (χ4v) is 5.16. The molecule has 0 bridgehead atoms. The summed E-state index contributed by atoms with van der Waals surface area (Å²) in [5.74, 6) is -3.35. The van der Waals surface area contributed by atoms with E-state index in [9.17, 15) is 22.0 Å². The number of amides is 1. The van der Waals surface area contributed by atoms with E-state index < -0.39 is 38.8 Å². The molecule has 3 N–H and O–H groups in total. The molecule has 0 spiro atoms. The Morgan fingerprint density at radius 2 is 2.00 bits per heavy atom. The maximum Gasteiger partial charge on any atom is 0.261 e. The predicted molar refractivity (Wildman–Crippen MR) is 117 cm³/mol. The number of aromatic nitrogens is 3. The number of sulfonamides is 1. The number of aromatic amines is 1. The Hall–Kier alpha value is -3.08. The number of hydrogen-bond donors (Lipinski definition) is 3. The Morgan fingerprint density at radius 1 is 1.25 bits per heavy atom. The number of nitrogens with one attached hydrogen (secondary N) is 3. The molecule has 170 valence electrons. The summed E-state index contributed by atoms with van der Waals surface area (Å²) < 4.78 is 55.2. The molecule has 11 heteroatoms. The Kier molecular flexibility index (Phi) is 6.09. The van der Waals surface area contributed by atoms with Crippen molar-refractivity contribution in [1.29, 1.82) is 0 Å². The van der Waals surface area contributed by atoms with E-state index in [4.69, 9.17) is 0 Å². The number of carbonyl (C=O) groups is 1. The summed E-state index contributed by atoms with van der Waals surface area (Å²) in [6, 6.07) is 3.46. The van der Waals surface area contributed by atoms with Crippen LogP contribution in [0.15, 0.2) is 24.4 Å². The Morgan fingerprint density at radius 3 is 2.72 bits per heavy atom. The summed E-state index contributed by atoms with van der Waals surface area (Å²) in [7, 11) is -3.82. The molecule has 1 fully saturated rings. The zero-order valence-electron chi connectivity index (χ0n) is 17.4. The lowest BCUT2D eigenvalue weighted by Crippen LogP contribution is -2.20. The number of benzene rings is 1. The van der Waals surface area contributed by atoms with Gasteiger partial charge in [-0.25, -0.2) is 22.2 Å². The number of fused-ring (bicyclic) bond motifs is 1. The molecule has 0 radical (unpaired) electrons. The molecule has 1 aliphatic rings. The van der Waals surface area contributed by atoms with Gasteiger partial charge in [0, 0.05) is 17.0 Å². The largest absolute Gasteiger partial charge is 0.320 e. The first-order valence-corrected chi connectivity index (χ1v) is 12.1. The van der Waals surface area contributed by atoms with Gasteiger partial charge in [-0.2, -0.15) is 5.10 Å². The smallest absolute Gasteiger partial charge is 0.261 e. The number of rotatable bonds is 7. The van der Waals surface area contributed by atoms with Gasteiger partial charge in [-0.15, -0.1) is 0 Å². The lowest BCUT2D eigenvalue weighted by molar-refractivity contribution is 0.101. The predicted octanol–water partition coefficient (Wildman–Crippen LogP) is 4.30. The van der Waals surface area contributed by atoms with Crippen LogP contribution in [0, 0.1) is 11.6 Å². The molecule has 4 rings (SSSR count). The molecule has 1 aliphatic carbocycles. The van der Waals surface area contributed by atoms with Crippen molar-refractivity contribution in [2.24, 2.45) is 0 Å². The standard InChI is InChI=1S/C21H23F2N5O3S/c1-2-9-32(30,31)28-16-8-7-15(22)17(18(16)23)21(29)25-13-10-14-19(12-5-3-4-6-12)26-27-20(14)24-11-13/h7-8,10-12,28H,2-6,9H2,1H3,(H,25,29)(H,24,26,27). The van der Waals surface area contributed by atoms with Crippen LogP contribution < -0.4 is 10.0 Å². The number of pyridine rings is 1. The van der Waals surface area contributed by atoms with Crippen LogP contribution in [0.5, 0.6) is 0 Å². The van der Waals surface area contributed by atoms with Gasteiger partial charge in [-0.3, -0.25) is 14.6 Å². The second-order valence-corrected chi connectivity index (χ2v) is 9.71. The molecule has 0 atom stereocenters. The first-order chi connectivity index (χ1) is 15.3. The molecular weight excluding hydrogens is 440 g/mol. The third-order valence-corrected chi connectivity index (χ3v) is 6.99. The van der Waals surface area contributed by atoms with Crippen LogP contribution in [0.3, 0.4) is 0 Å². The zero-order valence-corrected chi connectivity index (χ0v) is 18.2. The van der Waals surface area contributed by atoms with Gasteiger partial charge in [-0.05, 0) is 37.5 Å². The zero-order chi connectivity index (χ0) is 22.9. The second-order valence-electron chi connectivity index (χ2n) is 7.87. The van der Waals surface area contributed by atoms with Crippen LogP contribution in [0.1, 0.15) is 61.0 Å². The van der Waals surface area contributed by atoms with E-state index in [-0.39, 0.29) is 11.4 Å². The number of carbonyl (C=O) groups excluding carboxylic acids is 1. The molecule has 0 aliphatic heterocycles. The molecule has 2 heterocycles. The SMILES string of the molecule is CCCS(=O)(=O)Nc1ccc(F)c(C(=O)Nc2cnc3n[nH]c(C4CCCC4)c3c2)c1F. The van der Waals surface area contributed by atoms with Crippen LogP contribution in [0.4, 0.5) is 20.2 Å². The molecule has 1 amide bonds. The number of halogens is 2. The molecule has 1 aromatic carbocycles. The summed E-state index contributed by atoms with van der Waals surface area (Å²) in [5, 5.41) is 10.4. The third-order valence-electron chi connectivity index (χ3n) is 5.52. The average Bonchev–Trinajstić information content (AvgIpc) is 3.39. The van der Waals surface area contributed by atoms with Gasteiger partial charge < -0.3 is 5.32 Å². The molecule has 32 heavy (non-hydrogen) atoms. The lowest BCUT2D eigenvalue weighted by Gasteiger charge is -2.12. The van der Waals surface area contributed by atoms with E-state index in [1.165, 1.54) is 6.20 Å². The lowest BCUT2D eigenvalue weighted by atomic mass is 10.0. The van der Waals surface area contributed by atoms with E-state index in [0.29, 0.717) is 18.0 Å². The van der Waals surface area contributed by atoms with E-state index >= 15 is 0 Å². The monoisotopic (exact) mass is 463 g/mol. The van der Waals surface area contributed by atoms with Crippen molar-refractivity contribution < 1.29 is 22.0 Å². The third kappa shape index (κ3) is 4.43. The quantitative estimate of drug-likeness (QED) is 0.483. The van der Waals surface area contributed by atoms with Crippen LogP contribution in [-0.2, 0) is 10.0 Å². The van der Waals surface area contributed by atoms with E-state index in [1.54, 1.807) is 13.0 Å². The minimum Gasteiger partial charge on any atom is -0.320 e. The molecular formula is C21H23F2N5O3S. The van der Waals surface area contributed by atoms with Crippen molar-refractivity contribution in [3.05, 3.63) is 47.3 Å². The highest BCUT2D eigenvalue weighted by Crippen LogP contribution is 2.36. The number of H-pyrrole nitrogens is 1. The van der Waals surface area contributed by atoms with Gasteiger partial charge in [0.25, 0.3) is 5.91 Å². The van der Waals surface area contributed by atoms with Crippen LogP contribution in [0.25, 0.3) is 11.0 Å². The van der Waals surface area contributed by atoms with Gasteiger partial charge in [0.15, 0.2) is 11.5 Å². The summed E-state index contributed by atoms with van der Waals surface area (Å²) >= 11 is 0. The van der Waals surface area contributed by atoms with Crippen molar-refractivity contribution in [3.63, 3.8) is 0 Å². The van der Waals surface area contributed by atoms with E-state index in [2.05, 4.69) is 25.2 Å². The van der Waals surface area contributed by atoms with Gasteiger partial charge >= 0.3 is 0 Å². The molecule has 3 aromatic rings. The van der Waals surface area contributed by atoms with Crippen molar-refractivity contribution >= 4 is 38.3 Å². The molecule has 2 aromatic heterocycles. The summed E-state index contributed by atoms with van der Waals surface area (Å²) in [4.78, 5) is 16.9. The first kappa shape index (κ1) is 22.1. The van der Waals surface area contributed by atoms with Crippen molar-refractivity contribution in [1.82, 2.24) is 15.2 Å². The molecule has 0 unspecified atom stereocenters. The minimum absolute atomic E-state index is 0.231. The molecule has 8 nitrogen and oxygen atoms in total. The van der Waals surface area contributed by atoms with Crippen LogP contribution >= 0.6 is 0 Å². The Bertz CT molecular complexity index is 1270. The highest BCUT2D eigenvalue weighted by Gasteiger charge is 2.24. The summed E-state index contributed by atoms with van der Waals surface area (Å²) in [6.45, 7) is 1.65. The first-order valence-electron chi connectivity index (χ1n) is 10.4. The minimum atomic E-state index is -3.82. The van der Waals surface area contributed by atoms with Crippen LogP contribution in [-0.4, -0.2) is 35.3 Å². The van der Waals surface area contributed by atoms with Crippen molar-refractivity contribution in [2.45, 2.75) is 44.9 Å². The highest BCUT2D eigenvalue weighted by molar-refractivity contribution is 7.92. The highest BCUT2D eigenvalue weighted by atomic mass is 32.2. The number of anilines is 2. The normalized spacial score (nSPS) is 14.7. The number of nitrogens with zero attached hydrogens (tertiary/aromatic N) is 2. The fraction of sp³-hybridized carbons (Fsp3) is 0.381. The topological polar surface area (TPSA) is 117 Å². The Labute approximate surface area is 183 Å². The number of hydrogen-bond acceptors (Lipinski definition) is 5. The Balaban J connectivity index is 1.62. The molecule has 1 saturated carbocycles. The summed E-state index contributed by atoms with van der Waals surface area (Å²) in [5.41, 5.74) is 0.307. The van der Waals surface area contributed by atoms with Gasteiger partial charge in [-0.1, -0.05) is 19.8 Å².